The zero-order valence-corrected chi connectivity index (χ0v) is 14.5. The Hall–Kier alpha value is -3.42. The molecule has 2 aromatic rings. The van der Waals surface area contributed by atoms with Crippen molar-refractivity contribution in [3.63, 3.8) is 0 Å². The van der Waals surface area contributed by atoms with E-state index in [0.29, 0.717) is 17.0 Å². The molecule has 2 aromatic carbocycles. The van der Waals surface area contributed by atoms with Crippen LogP contribution in [0.4, 0.5) is 17.1 Å². The second-order valence-corrected chi connectivity index (χ2v) is 6.66. The number of hydrogen-bond acceptors (Lipinski definition) is 6. The predicted octanol–water partition coefficient (Wildman–Crippen LogP) is 4.34. The number of para-hydroxylation sites is 1. The van der Waals surface area contributed by atoms with Gasteiger partial charge in [-0.15, -0.1) is 0 Å². The number of methoxy groups -OCH3 is 1. The van der Waals surface area contributed by atoms with E-state index in [4.69, 9.17) is 4.74 Å². The van der Waals surface area contributed by atoms with E-state index in [9.17, 15) is 20.2 Å². The second-order valence-electron chi connectivity index (χ2n) is 6.66. The van der Waals surface area contributed by atoms with E-state index in [2.05, 4.69) is 5.32 Å². The molecule has 4 rings (SSSR count). The van der Waals surface area contributed by atoms with Crippen LogP contribution in [0.1, 0.15) is 29.5 Å². The van der Waals surface area contributed by atoms with E-state index >= 15 is 0 Å². The first-order valence-corrected chi connectivity index (χ1v) is 8.54. The zero-order chi connectivity index (χ0) is 19.1. The molecule has 27 heavy (non-hydrogen) atoms. The minimum absolute atomic E-state index is 0.0319. The molecule has 0 amide bonds. The molecule has 1 aliphatic heterocycles. The number of nitrogens with one attached hydrogen (secondary N) is 1. The lowest BCUT2D eigenvalue weighted by atomic mass is 9.76. The van der Waals surface area contributed by atoms with Crippen LogP contribution in [-0.4, -0.2) is 17.0 Å². The Bertz CT molecular complexity index is 972. The van der Waals surface area contributed by atoms with Gasteiger partial charge in [-0.1, -0.05) is 30.4 Å². The Morgan fingerprint density at radius 3 is 2.59 bits per heavy atom. The highest BCUT2D eigenvalue weighted by molar-refractivity contribution is 5.71. The van der Waals surface area contributed by atoms with Crippen molar-refractivity contribution in [3.05, 3.63) is 79.9 Å². The average molecular weight is 367 g/mol. The number of nitro groups is 2. The van der Waals surface area contributed by atoms with Crippen molar-refractivity contribution >= 4 is 17.1 Å². The SMILES string of the molecule is COc1cc([N+](=O)[O-])cc2c1N[C@@H](c1ccccc1[N+](=O)[O-])[C@H]1CC=C[C@@H]21. The van der Waals surface area contributed by atoms with Gasteiger partial charge in [-0.3, -0.25) is 20.2 Å². The predicted molar refractivity (Wildman–Crippen MR) is 99.1 cm³/mol. The number of ether oxygens (including phenoxy) is 1. The molecule has 0 saturated heterocycles. The molecule has 8 nitrogen and oxygen atoms in total. The number of allylic oxidation sites excluding steroid dienone is 2. The van der Waals surface area contributed by atoms with Crippen LogP contribution in [0.15, 0.2) is 48.6 Å². The third-order valence-corrected chi connectivity index (χ3v) is 5.32. The lowest BCUT2D eigenvalue weighted by Crippen LogP contribution is -2.30. The van der Waals surface area contributed by atoms with Crippen molar-refractivity contribution in [2.45, 2.75) is 18.4 Å². The monoisotopic (exact) mass is 367 g/mol. The van der Waals surface area contributed by atoms with Crippen molar-refractivity contribution in [1.29, 1.82) is 0 Å². The van der Waals surface area contributed by atoms with Gasteiger partial charge in [0.05, 0.1) is 40.3 Å². The fourth-order valence-corrected chi connectivity index (χ4v) is 4.14. The van der Waals surface area contributed by atoms with Crippen LogP contribution >= 0.6 is 0 Å². The average Bonchev–Trinajstić information content (AvgIpc) is 3.16. The molecule has 0 spiro atoms. The molecule has 3 atom stereocenters. The largest absolute Gasteiger partial charge is 0.494 e. The molecule has 8 heteroatoms. The topological polar surface area (TPSA) is 108 Å². The zero-order valence-electron chi connectivity index (χ0n) is 14.5. The highest BCUT2D eigenvalue weighted by Crippen LogP contribution is 2.54. The van der Waals surface area contributed by atoms with Gasteiger partial charge in [0, 0.05) is 18.1 Å². The van der Waals surface area contributed by atoms with Gasteiger partial charge in [-0.25, -0.2) is 0 Å². The smallest absolute Gasteiger partial charge is 0.274 e. The Morgan fingerprint density at radius 1 is 1.11 bits per heavy atom. The van der Waals surface area contributed by atoms with Crippen LogP contribution in [0.5, 0.6) is 5.75 Å². The fraction of sp³-hybridized carbons (Fsp3) is 0.263. The Balaban J connectivity index is 1.88. The van der Waals surface area contributed by atoms with Crippen molar-refractivity contribution in [2.75, 3.05) is 12.4 Å². The van der Waals surface area contributed by atoms with E-state index in [1.807, 2.05) is 12.2 Å². The summed E-state index contributed by atoms with van der Waals surface area (Å²) in [4.78, 5) is 22.0. The normalized spacial score (nSPS) is 22.5. The molecular formula is C19H17N3O5. The summed E-state index contributed by atoms with van der Waals surface area (Å²) in [7, 11) is 1.46. The summed E-state index contributed by atoms with van der Waals surface area (Å²) in [5.41, 5.74) is 2.07. The van der Waals surface area contributed by atoms with Crippen molar-refractivity contribution < 1.29 is 14.6 Å². The molecule has 1 N–H and O–H groups in total. The number of benzene rings is 2. The Kier molecular flexibility index (Phi) is 4.02. The number of anilines is 1. The van der Waals surface area contributed by atoms with Crippen LogP contribution in [0, 0.1) is 26.1 Å². The number of rotatable bonds is 4. The summed E-state index contributed by atoms with van der Waals surface area (Å²) in [5, 5.41) is 26.2. The van der Waals surface area contributed by atoms with Gasteiger partial charge in [0.1, 0.15) is 5.75 Å². The van der Waals surface area contributed by atoms with Crippen LogP contribution in [0.2, 0.25) is 0 Å². The minimum atomic E-state index is -0.440. The third kappa shape index (κ3) is 2.69. The maximum atomic E-state index is 11.5. The van der Waals surface area contributed by atoms with Crippen LogP contribution in [0.3, 0.4) is 0 Å². The maximum absolute atomic E-state index is 11.5. The molecule has 0 fully saturated rings. The van der Waals surface area contributed by atoms with Crippen molar-refractivity contribution in [3.8, 4) is 5.75 Å². The molecule has 1 heterocycles. The summed E-state index contributed by atoms with van der Waals surface area (Å²) in [6.07, 6.45) is 4.79. The number of nitro benzene ring substituents is 2. The van der Waals surface area contributed by atoms with E-state index in [1.54, 1.807) is 24.3 Å². The highest BCUT2D eigenvalue weighted by Gasteiger charge is 2.42. The maximum Gasteiger partial charge on any atom is 0.274 e. The third-order valence-electron chi connectivity index (χ3n) is 5.32. The van der Waals surface area contributed by atoms with Crippen molar-refractivity contribution in [1.82, 2.24) is 0 Å². The van der Waals surface area contributed by atoms with Crippen molar-refractivity contribution in [2.24, 2.45) is 5.92 Å². The van der Waals surface area contributed by atoms with Gasteiger partial charge in [-0.2, -0.15) is 0 Å². The van der Waals surface area contributed by atoms with Gasteiger partial charge < -0.3 is 10.1 Å². The molecule has 138 valence electrons. The van der Waals surface area contributed by atoms with Crippen LogP contribution in [0.25, 0.3) is 0 Å². The minimum Gasteiger partial charge on any atom is -0.494 e. The summed E-state index contributed by atoms with van der Waals surface area (Å²) >= 11 is 0. The van der Waals surface area contributed by atoms with Gasteiger partial charge in [0.15, 0.2) is 0 Å². The summed E-state index contributed by atoms with van der Waals surface area (Å²) in [5.74, 6) is 0.326. The Labute approximate surface area is 154 Å². The fourth-order valence-electron chi connectivity index (χ4n) is 4.14. The van der Waals surface area contributed by atoms with Gasteiger partial charge in [-0.05, 0) is 17.9 Å². The molecule has 0 radical (unpaired) electrons. The first-order chi connectivity index (χ1) is 13.0. The molecular weight excluding hydrogens is 350 g/mol. The molecule has 0 bridgehead atoms. The number of hydrogen-bond donors (Lipinski definition) is 1. The lowest BCUT2D eigenvalue weighted by molar-refractivity contribution is -0.385. The summed E-state index contributed by atoms with van der Waals surface area (Å²) < 4.78 is 5.39. The Morgan fingerprint density at radius 2 is 1.89 bits per heavy atom. The van der Waals surface area contributed by atoms with E-state index in [1.165, 1.54) is 19.2 Å². The highest BCUT2D eigenvalue weighted by atomic mass is 16.6. The molecule has 0 saturated carbocycles. The standard InChI is InChI=1S/C19H17N3O5/c1-27-17-10-11(21(23)24)9-15-12-6-4-7-13(12)18(20-19(15)17)14-5-2-3-8-16(14)22(25)26/h2-6,8-10,12-13,18,20H,7H2,1H3/t12-,13+,18-/m1/s1. The van der Waals surface area contributed by atoms with E-state index < -0.39 is 4.92 Å². The molecule has 0 aromatic heterocycles. The number of fused-ring (bicyclic) bond motifs is 3. The first kappa shape index (κ1) is 17.0. The quantitative estimate of drug-likeness (QED) is 0.489. The van der Waals surface area contributed by atoms with Crippen LogP contribution in [-0.2, 0) is 0 Å². The second kappa shape index (κ2) is 6.39. The molecule has 1 aliphatic carbocycles. The number of nitrogens with zero attached hydrogens (tertiary/aromatic N) is 2. The first-order valence-electron chi connectivity index (χ1n) is 8.54. The van der Waals surface area contributed by atoms with Gasteiger partial charge in [0.25, 0.3) is 11.4 Å². The van der Waals surface area contributed by atoms with E-state index in [0.717, 1.165) is 12.0 Å². The van der Waals surface area contributed by atoms with E-state index in [-0.39, 0.29) is 34.2 Å². The molecule has 0 unspecified atom stereocenters. The van der Waals surface area contributed by atoms with Gasteiger partial charge >= 0.3 is 0 Å². The molecule has 2 aliphatic rings. The number of non-ortho nitro benzene ring substituents is 1. The van der Waals surface area contributed by atoms with Crippen LogP contribution < -0.4 is 10.1 Å². The van der Waals surface area contributed by atoms with Gasteiger partial charge in [0.2, 0.25) is 0 Å². The summed E-state index contributed by atoms with van der Waals surface area (Å²) in [6.45, 7) is 0. The summed E-state index contributed by atoms with van der Waals surface area (Å²) in [6, 6.07) is 9.33. The lowest BCUT2D eigenvalue weighted by Gasteiger charge is -2.37.